The summed E-state index contributed by atoms with van der Waals surface area (Å²) in [5, 5.41) is 4.80. The molecule has 0 saturated heterocycles. The number of anilines is 2. The van der Waals surface area contributed by atoms with Gasteiger partial charge in [0.15, 0.2) is 0 Å². The van der Waals surface area contributed by atoms with E-state index in [9.17, 15) is 0 Å². The van der Waals surface area contributed by atoms with Crippen LogP contribution in [0.2, 0.25) is 0 Å². The number of hydrogen-bond acceptors (Lipinski definition) is 1. The third-order valence-electron chi connectivity index (χ3n) is 4.17. The van der Waals surface area contributed by atoms with Crippen molar-refractivity contribution in [3.8, 4) is 0 Å². The van der Waals surface area contributed by atoms with Gasteiger partial charge in [0.2, 0.25) is 0 Å². The summed E-state index contributed by atoms with van der Waals surface area (Å²) < 4.78 is 0.528. The summed E-state index contributed by atoms with van der Waals surface area (Å²) in [7, 11) is 0. The maximum atomic E-state index is 5.42. The number of thiocarbonyl (C=S) groups is 1. The Morgan fingerprint density at radius 1 is 0.625 bits per heavy atom. The average molecular weight is 345 g/mol. The van der Waals surface area contributed by atoms with Gasteiger partial charge in [-0.15, -0.1) is 12.6 Å². The van der Waals surface area contributed by atoms with Crippen molar-refractivity contribution >= 4 is 62.1 Å². The van der Waals surface area contributed by atoms with Gasteiger partial charge in [0, 0.05) is 11.4 Å². The van der Waals surface area contributed by atoms with E-state index in [1.807, 2.05) is 29.2 Å². The van der Waals surface area contributed by atoms with Crippen LogP contribution in [0.1, 0.15) is 0 Å². The molecule has 0 bridgehead atoms. The Kier molecular flexibility index (Phi) is 3.97. The van der Waals surface area contributed by atoms with Gasteiger partial charge in [0.1, 0.15) is 4.32 Å². The maximum Gasteiger partial charge on any atom is 0.142 e. The van der Waals surface area contributed by atoms with E-state index < -0.39 is 0 Å². The molecule has 0 radical (unpaired) electrons. The minimum atomic E-state index is 0.528. The Hall–Kier alpha value is -2.36. The van der Waals surface area contributed by atoms with Crippen LogP contribution in [0.15, 0.2) is 84.9 Å². The second-order valence-corrected chi connectivity index (χ2v) is 6.79. The van der Waals surface area contributed by atoms with Crippen LogP contribution in [0.5, 0.6) is 0 Å². The average Bonchev–Trinajstić information content (AvgIpc) is 2.61. The molecule has 0 saturated carbocycles. The molecule has 0 aromatic heterocycles. The van der Waals surface area contributed by atoms with E-state index in [0.717, 1.165) is 11.4 Å². The zero-order valence-electron chi connectivity index (χ0n) is 12.9. The Bertz CT molecular complexity index is 976. The van der Waals surface area contributed by atoms with Gasteiger partial charge < -0.3 is 0 Å². The van der Waals surface area contributed by atoms with Crippen molar-refractivity contribution in [2.24, 2.45) is 0 Å². The van der Waals surface area contributed by atoms with Gasteiger partial charge in [-0.1, -0.05) is 72.9 Å². The summed E-state index contributed by atoms with van der Waals surface area (Å²) >= 11 is 9.88. The Balaban J connectivity index is 1.86. The Morgan fingerprint density at radius 2 is 1.04 bits per heavy atom. The number of benzene rings is 4. The van der Waals surface area contributed by atoms with Crippen LogP contribution >= 0.6 is 24.8 Å². The third kappa shape index (κ3) is 2.77. The first kappa shape index (κ1) is 15.2. The first-order valence-corrected chi connectivity index (χ1v) is 8.58. The summed E-state index contributed by atoms with van der Waals surface area (Å²) in [6, 6.07) is 29.3. The molecule has 3 heteroatoms. The van der Waals surface area contributed by atoms with Gasteiger partial charge in [-0.05, 0) is 45.8 Å². The molecule has 24 heavy (non-hydrogen) atoms. The number of thiol groups is 1. The zero-order valence-corrected chi connectivity index (χ0v) is 14.6. The van der Waals surface area contributed by atoms with Gasteiger partial charge in [0.05, 0.1) is 0 Å². The molecule has 0 unspecified atom stereocenters. The topological polar surface area (TPSA) is 3.24 Å². The van der Waals surface area contributed by atoms with Crippen molar-refractivity contribution in [3.63, 3.8) is 0 Å². The largest absolute Gasteiger partial charge is 0.296 e. The molecule has 0 N–H and O–H groups in total. The minimum absolute atomic E-state index is 0.528. The number of rotatable bonds is 2. The number of fused-ring (bicyclic) bond motifs is 2. The van der Waals surface area contributed by atoms with E-state index in [4.69, 9.17) is 12.2 Å². The highest BCUT2D eigenvalue weighted by atomic mass is 32.1. The molecule has 0 aliphatic heterocycles. The second-order valence-electron chi connectivity index (χ2n) is 5.68. The SMILES string of the molecule is S=C(S)N(c1ccc2ccccc2c1)c1ccc2ccccc2c1. The summed E-state index contributed by atoms with van der Waals surface area (Å²) in [6.45, 7) is 0. The van der Waals surface area contributed by atoms with E-state index in [0.29, 0.717) is 4.32 Å². The highest BCUT2D eigenvalue weighted by molar-refractivity contribution is 8.11. The van der Waals surface area contributed by atoms with Gasteiger partial charge in [-0.25, -0.2) is 0 Å². The Morgan fingerprint density at radius 3 is 1.46 bits per heavy atom. The molecule has 0 aliphatic carbocycles. The lowest BCUT2D eigenvalue weighted by Crippen LogP contribution is -2.19. The minimum Gasteiger partial charge on any atom is -0.296 e. The predicted molar refractivity (Wildman–Crippen MR) is 112 cm³/mol. The molecule has 0 spiro atoms. The van der Waals surface area contributed by atoms with Crippen LogP contribution in [0.3, 0.4) is 0 Å². The van der Waals surface area contributed by atoms with Gasteiger partial charge in [0.25, 0.3) is 0 Å². The zero-order chi connectivity index (χ0) is 16.5. The van der Waals surface area contributed by atoms with Crippen molar-refractivity contribution in [1.82, 2.24) is 0 Å². The first-order valence-electron chi connectivity index (χ1n) is 7.73. The highest BCUT2D eigenvalue weighted by Gasteiger charge is 2.13. The highest BCUT2D eigenvalue weighted by Crippen LogP contribution is 2.32. The van der Waals surface area contributed by atoms with Gasteiger partial charge in [-0.2, -0.15) is 0 Å². The summed E-state index contributed by atoms with van der Waals surface area (Å²) in [6.07, 6.45) is 0. The molecule has 4 aromatic rings. The maximum absolute atomic E-state index is 5.42. The molecular formula is C21H15NS2. The fourth-order valence-electron chi connectivity index (χ4n) is 3.00. The van der Waals surface area contributed by atoms with Crippen LogP contribution < -0.4 is 4.90 Å². The van der Waals surface area contributed by atoms with E-state index in [1.165, 1.54) is 21.5 Å². The molecule has 4 aromatic carbocycles. The molecule has 116 valence electrons. The van der Waals surface area contributed by atoms with E-state index in [2.05, 4.69) is 73.3 Å². The van der Waals surface area contributed by atoms with Gasteiger partial charge >= 0.3 is 0 Å². The molecule has 0 aliphatic rings. The summed E-state index contributed by atoms with van der Waals surface area (Å²) in [5.74, 6) is 0. The smallest absolute Gasteiger partial charge is 0.142 e. The molecule has 0 heterocycles. The third-order valence-corrected chi connectivity index (χ3v) is 4.56. The number of hydrogen-bond donors (Lipinski definition) is 1. The first-order chi connectivity index (χ1) is 11.7. The van der Waals surface area contributed by atoms with Crippen molar-refractivity contribution < 1.29 is 0 Å². The van der Waals surface area contributed by atoms with Gasteiger partial charge in [-0.3, -0.25) is 4.90 Å². The Labute approximate surface area is 151 Å². The van der Waals surface area contributed by atoms with Crippen molar-refractivity contribution in [3.05, 3.63) is 84.9 Å². The van der Waals surface area contributed by atoms with Crippen LogP contribution in [-0.2, 0) is 0 Å². The van der Waals surface area contributed by atoms with E-state index >= 15 is 0 Å². The van der Waals surface area contributed by atoms with Crippen LogP contribution in [0.4, 0.5) is 11.4 Å². The summed E-state index contributed by atoms with van der Waals surface area (Å²) in [5.41, 5.74) is 2.04. The standard InChI is InChI=1S/C21H15NS2/c23-21(24)22(19-11-9-15-5-1-3-7-17(15)13-19)20-12-10-16-6-2-4-8-18(16)14-20/h1-14H,(H,23,24). The molecule has 0 atom stereocenters. The van der Waals surface area contributed by atoms with Crippen molar-refractivity contribution in [2.75, 3.05) is 4.90 Å². The fourth-order valence-corrected chi connectivity index (χ4v) is 3.44. The molecular weight excluding hydrogens is 330 g/mol. The molecule has 4 rings (SSSR count). The van der Waals surface area contributed by atoms with Crippen LogP contribution in [0.25, 0.3) is 21.5 Å². The molecule has 0 fully saturated rings. The summed E-state index contributed by atoms with van der Waals surface area (Å²) in [4.78, 5) is 2.00. The lowest BCUT2D eigenvalue weighted by atomic mass is 10.1. The molecule has 0 amide bonds. The van der Waals surface area contributed by atoms with Crippen LogP contribution in [0, 0.1) is 0 Å². The van der Waals surface area contributed by atoms with Crippen molar-refractivity contribution in [1.29, 1.82) is 0 Å². The second kappa shape index (κ2) is 6.27. The predicted octanol–water partition coefficient (Wildman–Crippen LogP) is 6.35. The lowest BCUT2D eigenvalue weighted by molar-refractivity contribution is 1.41. The quantitative estimate of drug-likeness (QED) is 0.333. The van der Waals surface area contributed by atoms with E-state index in [-0.39, 0.29) is 0 Å². The molecule has 1 nitrogen and oxygen atoms in total. The number of nitrogens with zero attached hydrogens (tertiary/aromatic N) is 1. The fraction of sp³-hybridized carbons (Fsp3) is 0. The monoisotopic (exact) mass is 345 g/mol. The van der Waals surface area contributed by atoms with E-state index in [1.54, 1.807) is 0 Å². The van der Waals surface area contributed by atoms with Crippen LogP contribution in [-0.4, -0.2) is 4.32 Å². The van der Waals surface area contributed by atoms with Crippen molar-refractivity contribution in [2.45, 2.75) is 0 Å². The normalized spacial score (nSPS) is 10.9. The lowest BCUT2D eigenvalue weighted by Gasteiger charge is -2.24.